The van der Waals surface area contributed by atoms with Gasteiger partial charge in [0.2, 0.25) is 10.1 Å². The van der Waals surface area contributed by atoms with Crippen molar-refractivity contribution in [3.05, 3.63) is 5.01 Å². The van der Waals surface area contributed by atoms with E-state index in [1.165, 1.54) is 0 Å². The fraction of sp³-hybridized carbons (Fsp3) is 0.625. The smallest absolute Gasteiger partial charge is 0.394 e. The summed E-state index contributed by atoms with van der Waals surface area (Å²) in [5, 5.41) is 18.1. The second-order valence-corrected chi connectivity index (χ2v) is 5.01. The number of carbonyl (C=O) groups excluding carboxylic acids is 1. The van der Waals surface area contributed by atoms with Gasteiger partial charge in [-0.3, -0.25) is 5.32 Å². The summed E-state index contributed by atoms with van der Waals surface area (Å²) in [7, 11) is 0. The molecule has 6 nitrogen and oxygen atoms in total. The van der Waals surface area contributed by atoms with E-state index in [2.05, 4.69) is 20.8 Å². The lowest BCUT2D eigenvalue weighted by Gasteiger charge is -2.22. The van der Waals surface area contributed by atoms with E-state index in [-0.39, 0.29) is 23.1 Å². The minimum Gasteiger partial charge on any atom is -0.394 e. The van der Waals surface area contributed by atoms with Gasteiger partial charge in [-0.15, -0.1) is 10.2 Å². The van der Waals surface area contributed by atoms with Gasteiger partial charge in [0, 0.05) is 0 Å². The molecule has 0 saturated carbocycles. The monoisotopic (exact) mass is 284 g/mol. The molecule has 0 aromatic carbocycles. The first-order chi connectivity index (χ1) is 8.14. The number of aliphatic hydroxyl groups is 1. The van der Waals surface area contributed by atoms with Crippen molar-refractivity contribution in [1.82, 2.24) is 15.5 Å². The van der Waals surface area contributed by atoms with Gasteiger partial charge in [-0.25, -0.2) is 4.79 Å². The summed E-state index contributed by atoms with van der Waals surface area (Å²) in [5.74, 6) is 0. The highest BCUT2D eigenvalue weighted by molar-refractivity contribution is 7.15. The van der Waals surface area contributed by atoms with Crippen molar-refractivity contribution in [2.45, 2.75) is 25.6 Å². The van der Waals surface area contributed by atoms with Crippen molar-refractivity contribution in [3.8, 4) is 0 Å². The number of aromatic nitrogens is 2. The van der Waals surface area contributed by atoms with Gasteiger partial charge >= 0.3 is 12.2 Å². The summed E-state index contributed by atoms with van der Waals surface area (Å²) in [6.07, 6.45) is -4.58. The van der Waals surface area contributed by atoms with Gasteiger partial charge in [0.1, 0.15) is 0 Å². The topological polar surface area (TPSA) is 87.1 Å². The molecule has 1 aromatic heterocycles. The first-order valence-corrected chi connectivity index (χ1v) is 5.56. The first kappa shape index (κ1) is 14.6. The highest BCUT2D eigenvalue weighted by Crippen LogP contribution is 2.32. The lowest BCUT2D eigenvalue weighted by atomic mass is 10.1. The predicted molar refractivity (Wildman–Crippen MR) is 58.2 cm³/mol. The zero-order valence-electron chi connectivity index (χ0n) is 9.50. The van der Waals surface area contributed by atoms with Crippen molar-refractivity contribution in [1.29, 1.82) is 0 Å². The highest BCUT2D eigenvalue weighted by Gasteiger charge is 2.35. The van der Waals surface area contributed by atoms with Crippen molar-refractivity contribution in [3.63, 3.8) is 0 Å². The average Bonchev–Trinajstić information content (AvgIpc) is 2.64. The number of urea groups is 1. The standard InChI is InChI=1S/C8H11F3N4O2S/c1-7(2,3-16)13-5(17)12-6-15-14-4(18-6)8(9,10)11/h16H,3H2,1-2H3,(H2,12,13,15,17). The van der Waals surface area contributed by atoms with Gasteiger partial charge in [0.15, 0.2) is 0 Å². The van der Waals surface area contributed by atoms with Crippen LogP contribution in [0.25, 0.3) is 0 Å². The molecule has 0 aliphatic rings. The Morgan fingerprint density at radius 2 is 2.00 bits per heavy atom. The number of anilines is 1. The van der Waals surface area contributed by atoms with Crippen molar-refractivity contribution in [2.75, 3.05) is 11.9 Å². The number of carbonyl (C=O) groups is 1. The van der Waals surface area contributed by atoms with Crippen LogP contribution in [0.1, 0.15) is 18.9 Å². The molecular formula is C8H11F3N4O2S. The molecule has 0 bridgehead atoms. The van der Waals surface area contributed by atoms with Crippen LogP contribution in [0.5, 0.6) is 0 Å². The highest BCUT2D eigenvalue weighted by atomic mass is 32.1. The molecule has 0 unspecified atom stereocenters. The first-order valence-electron chi connectivity index (χ1n) is 4.75. The third kappa shape index (κ3) is 4.11. The van der Waals surface area contributed by atoms with Gasteiger partial charge in [0.25, 0.3) is 0 Å². The SMILES string of the molecule is CC(C)(CO)NC(=O)Nc1nnc(C(F)(F)F)s1. The molecule has 3 N–H and O–H groups in total. The number of hydrogen-bond acceptors (Lipinski definition) is 5. The third-order valence-corrected chi connectivity index (χ3v) is 2.62. The van der Waals surface area contributed by atoms with Gasteiger partial charge < -0.3 is 10.4 Å². The molecule has 2 amide bonds. The molecule has 102 valence electrons. The molecule has 0 aliphatic heterocycles. The van der Waals surface area contributed by atoms with Gasteiger partial charge in [-0.05, 0) is 13.8 Å². The Labute approximate surface area is 104 Å². The molecule has 0 radical (unpaired) electrons. The quantitative estimate of drug-likeness (QED) is 0.784. The molecule has 0 atom stereocenters. The van der Waals surface area contributed by atoms with E-state index >= 15 is 0 Å². The molecule has 0 aliphatic carbocycles. The van der Waals surface area contributed by atoms with E-state index < -0.39 is 22.8 Å². The number of hydrogen-bond donors (Lipinski definition) is 3. The second-order valence-electron chi connectivity index (χ2n) is 4.03. The number of halogens is 3. The van der Waals surface area contributed by atoms with Gasteiger partial charge in [-0.1, -0.05) is 11.3 Å². The van der Waals surface area contributed by atoms with Gasteiger partial charge in [-0.2, -0.15) is 13.2 Å². The van der Waals surface area contributed by atoms with Crippen LogP contribution in [0, 0.1) is 0 Å². The van der Waals surface area contributed by atoms with E-state index in [4.69, 9.17) is 5.11 Å². The van der Waals surface area contributed by atoms with Crippen molar-refractivity contribution < 1.29 is 23.1 Å². The van der Waals surface area contributed by atoms with E-state index in [9.17, 15) is 18.0 Å². The summed E-state index contributed by atoms with van der Waals surface area (Å²) >= 11 is 0.220. The fourth-order valence-electron chi connectivity index (χ4n) is 0.864. The summed E-state index contributed by atoms with van der Waals surface area (Å²) < 4.78 is 36.6. The van der Waals surface area contributed by atoms with E-state index in [0.717, 1.165) is 0 Å². The number of rotatable bonds is 3. The Balaban J connectivity index is 2.64. The largest absolute Gasteiger partial charge is 0.445 e. The van der Waals surface area contributed by atoms with Crippen LogP contribution >= 0.6 is 11.3 Å². The van der Waals surface area contributed by atoms with Crippen molar-refractivity contribution >= 4 is 22.5 Å². The predicted octanol–water partition coefficient (Wildman–Crippen LogP) is 1.45. The van der Waals surface area contributed by atoms with Gasteiger partial charge in [0.05, 0.1) is 12.1 Å². The van der Waals surface area contributed by atoms with Crippen LogP contribution in [-0.2, 0) is 6.18 Å². The average molecular weight is 284 g/mol. The molecule has 0 spiro atoms. The fourth-order valence-corrected chi connectivity index (χ4v) is 1.47. The number of nitrogens with zero attached hydrogens (tertiary/aromatic N) is 2. The number of nitrogens with one attached hydrogen (secondary N) is 2. The molecule has 0 fully saturated rings. The summed E-state index contributed by atoms with van der Waals surface area (Å²) in [4.78, 5) is 11.4. The Hall–Kier alpha value is -1.42. The zero-order chi connectivity index (χ0) is 14.0. The summed E-state index contributed by atoms with van der Waals surface area (Å²) in [6.45, 7) is 2.78. The molecule has 1 aromatic rings. The van der Waals surface area contributed by atoms with Crippen LogP contribution in [0.3, 0.4) is 0 Å². The Morgan fingerprint density at radius 3 is 2.44 bits per heavy atom. The summed E-state index contributed by atoms with van der Waals surface area (Å²) in [6, 6.07) is -0.765. The Kier molecular flexibility index (Phi) is 4.12. The number of alkyl halides is 3. The normalized spacial score (nSPS) is 12.3. The molecule has 10 heteroatoms. The minimum atomic E-state index is -4.58. The summed E-state index contributed by atoms with van der Waals surface area (Å²) in [5.41, 5.74) is -0.887. The second kappa shape index (κ2) is 5.06. The maximum Gasteiger partial charge on any atom is 0.445 e. The molecule has 1 heterocycles. The molecule has 1 rings (SSSR count). The number of amides is 2. The Bertz CT molecular complexity index is 432. The maximum absolute atomic E-state index is 12.2. The van der Waals surface area contributed by atoms with E-state index in [1.807, 2.05) is 0 Å². The van der Waals surface area contributed by atoms with Crippen LogP contribution in [0.2, 0.25) is 0 Å². The molecular weight excluding hydrogens is 273 g/mol. The van der Waals surface area contributed by atoms with Crippen LogP contribution in [0.15, 0.2) is 0 Å². The van der Waals surface area contributed by atoms with Crippen molar-refractivity contribution in [2.24, 2.45) is 0 Å². The van der Waals surface area contributed by atoms with Crippen LogP contribution < -0.4 is 10.6 Å². The lowest BCUT2D eigenvalue weighted by Crippen LogP contribution is -2.48. The molecule has 0 saturated heterocycles. The lowest BCUT2D eigenvalue weighted by molar-refractivity contribution is -0.138. The Morgan fingerprint density at radius 1 is 1.39 bits per heavy atom. The minimum absolute atomic E-state index is 0.220. The van der Waals surface area contributed by atoms with Crippen LogP contribution in [0.4, 0.5) is 23.1 Å². The maximum atomic E-state index is 12.2. The zero-order valence-corrected chi connectivity index (χ0v) is 10.3. The van der Waals surface area contributed by atoms with E-state index in [0.29, 0.717) is 0 Å². The van der Waals surface area contributed by atoms with E-state index in [1.54, 1.807) is 13.8 Å². The molecule has 18 heavy (non-hydrogen) atoms. The number of aliphatic hydroxyl groups excluding tert-OH is 1. The third-order valence-electron chi connectivity index (χ3n) is 1.74. The van der Waals surface area contributed by atoms with Crippen LogP contribution in [-0.4, -0.2) is 33.5 Å².